The molecule has 1 aromatic carbocycles. The van der Waals surface area contributed by atoms with Gasteiger partial charge in [-0.25, -0.2) is 9.97 Å². The van der Waals surface area contributed by atoms with E-state index in [0.29, 0.717) is 42.8 Å². The van der Waals surface area contributed by atoms with E-state index in [1.807, 2.05) is 19.1 Å². The Hall–Kier alpha value is -2.67. The third-order valence-corrected chi connectivity index (χ3v) is 4.56. The Morgan fingerprint density at radius 1 is 1.12 bits per heavy atom. The maximum absolute atomic E-state index is 12.7. The summed E-state index contributed by atoms with van der Waals surface area (Å²) in [5.41, 5.74) is 2.11. The highest BCUT2D eigenvalue weighted by Crippen LogP contribution is 2.22. The maximum atomic E-state index is 12.7. The average molecular weight is 374 g/mol. The van der Waals surface area contributed by atoms with Crippen LogP contribution >= 0.6 is 11.6 Å². The van der Waals surface area contributed by atoms with Crippen LogP contribution in [0, 0.1) is 6.92 Å². The first kappa shape index (κ1) is 18.1. The van der Waals surface area contributed by atoms with E-state index in [1.165, 1.54) is 0 Å². The van der Waals surface area contributed by atoms with E-state index in [0.717, 1.165) is 11.3 Å². The SMILES string of the molecule is CC(=O)N1CCN(C(=O)c2ccnc(Nc3ccc(Cl)cc3C)n2)CC1. The highest BCUT2D eigenvalue weighted by molar-refractivity contribution is 6.30. The standard InChI is InChI=1S/C18H20ClN5O2/c1-12-11-14(19)3-4-15(12)21-18-20-6-5-16(22-18)17(26)24-9-7-23(8-10-24)13(2)25/h3-6,11H,7-10H2,1-2H3,(H,20,21,22). The summed E-state index contributed by atoms with van der Waals surface area (Å²) in [5.74, 6) is 0.221. The molecule has 1 aromatic heterocycles. The molecule has 136 valence electrons. The molecule has 0 bridgehead atoms. The lowest BCUT2D eigenvalue weighted by Crippen LogP contribution is -2.50. The second kappa shape index (κ2) is 7.70. The zero-order valence-corrected chi connectivity index (χ0v) is 15.5. The molecular formula is C18H20ClN5O2. The molecular weight excluding hydrogens is 354 g/mol. The zero-order valence-electron chi connectivity index (χ0n) is 14.7. The fraction of sp³-hybridized carbons (Fsp3) is 0.333. The molecule has 8 heteroatoms. The number of aromatic nitrogens is 2. The van der Waals surface area contributed by atoms with Crippen molar-refractivity contribution in [2.75, 3.05) is 31.5 Å². The molecule has 1 saturated heterocycles. The molecule has 2 heterocycles. The Labute approximate surface area is 157 Å². The van der Waals surface area contributed by atoms with Crippen LogP contribution in [0.15, 0.2) is 30.5 Å². The molecule has 0 atom stereocenters. The highest BCUT2D eigenvalue weighted by Gasteiger charge is 2.24. The average Bonchev–Trinajstić information content (AvgIpc) is 2.64. The van der Waals surface area contributed by atoms with Gasteiger partial charge in [-0.3, -0.25) is 9.59 Å². The number of nitrogens with one attached hydrogen (secondary N) is 1. The number of nitrogens with zero attached hydrogens (tertiary/aromatic N) is 4. The number of amides is 2. The minimum Gasteiger partial charge on any atom is -0.339 e. The Kier molecular flexibility index (Phi) is 5.37. The summed E-state index contributed by atoms with van der Waals surface area (Å²) < 4.78 is 0. The first-order valence-corrected chi connectivity index (χ1v) is 8.73. The highest BCUT2D eigenvalue weighted by atomic mass is 35.5. The van der Waals surface area contributed by atoms with E-state index in [9.17, 15) is 9.59 Å². The van der Waals surface area contributed by atoms with Gasteiger partial charge in [-0.1, -0.05) is 11.6 Å². The number of benzene rings is 1. The number of carbonyl (C=O) groups excluding carboxylic acids is 2. The van der Waals surface area contributed by atoms with Crippen LogP contribution in [-0.2, 0) is 4.79 Å². The van der Waals surface area contributed by atoms with Crippen molar-refractivity contribution in [1.29, 1.82) is 0 Å². The van der Waals surface area contributed by atoms with E-state index in [-0.39, 0.29) is 11.8 Å². The van der Waals surface area contributed by atoms with Gasteiger partial charge in [0.25, 0.3) is 5.91 Å². The van der Waals surface area contributed by atoms with Crippen molar-refractivity contribution in [3.05, 3.63) is 46.7 Å². The fourth-order valence-corrected chi connectivity index (χ4v) is 3.04. The molecule has 1 N–H and O–H groups in total. The van der Waals surface area contributed by atoms with Crippen molar-refractivity contribution in [1.82, 2.24) is 19.8 Å². The fourth-order valence-electron chi connectivity index (χ4n) is 2.81. The molecule has 1 aliphatic heterocycles. The van der Waals surface area contributed by atoms with E-state index >= 15 is 0 Å². The molecule has 26 heavy (non-hydrogen) atoms. The molecule has 1 aliphatic rings. The number of piperazine rings is 1. The van der Waals surface area contributed by atoms with Crippen molar-refractivity contribution in [2.24, 2.45) is 0 Å². The number of anilines is 2. The predicted octanol–water partition coefficient (Wildman–Crippen LogP) is 2.49. The van der Waals surface area contributed by atoms with Crippen molar-refractivity contribution >= 4 is 35.1 Å². The zero-order chi connectivity index (χ0) is 18.7. The van der Waals surface area contributed by atoms with Crippen LogP contribution < -0.4 is 5.32 Å². The molecule has 0 aliphatic carbocycles. The number of aryl methyl sites for hydroxylation is 1. The van der Waals surface area contributed by atoms with Gasteiger partial charge in [-0.05, 0) is 36.8 Å². The van der Waals surface area contributed by atoms with Gasteiger partial charge in [0.1, 0.15) is 5.69 Å². The smallest absolute Gasteiger partial charge is 0.272 e. The van der Waals surface area contributed by atoms with Gasteiger partial charge in [-0.2, -0.15) is 0 Å². The van der Waals surface area contributed by atoms with Gasteiger partial charge < -0.3 is 15.1 Å². The van der Waals surface area contributed by atoms with Gasteiger partial charge in [0.05, 0.1) is 0 Å². The summed E-state index contributed by atoms with van der Waals surface area (Å²) in [5, 5.41) is 3.77. The lowest BCUT2D eigenvalue weighted by molar-refractivity contribution is -0.130. The van der Waals surface area contributed by atoms with E-state index in [4.69, 9.17) is 11.6 Å². The number of hydrogen-bond acceptors (Lipinski definition) is 5. The first-order valence-electron chi connectivity index (χ1n) is 8.35. The van der Waals surface area contributed by atoms with Crippen LogP contribution in [-0.4, -0.2) is 57.8 Å². The monoisotopic (exact) mass is 373 g/mol. The van der Waals surface area contributed by atoms with Crippen molar-refractivity contribution in [3.63, 3.8) is 0 Å². The molecule has 7 nitrogen and oxygen atoms in total. The van der Waals surface area contributed by atoms with Crippen LogP contribution in [0.3, 0.4) is 0 Å². The second-order valence-corrected chi connectivity index (χ2v) is 6.58. The number of carbonyl (C=O) groups is 2. The van der Waals surface area contributed by atoms with Gasteiger partial charge in [-0.15, -0.1) is 0 Å². The molecule has 0 saturated carbocycles. The van der Waals surface area contributed by atoms with Gasteiger partial charge in [0.15, 0.2) is 0 Å². The summed E-state index contributed by atoms with van der Waals surface area (Å²) in [6.07, 6.45) is 1.56. The van der Waals surface area contributed by atoms with E-state index in [1.54, 1.807) is 35.1 Å². The van der Waals surface area contributed by atoms with E-state index in [2.05, 4.69) is 15.3 Å². The largest absolute Gasteiger partial charge is 0.339 e. The molecule has 0 unspecified atom stereocenters. The normalized spacial score (nSPS) is 14.3. The van der Waals surface area contributed by atoms with Crippen LogP contribution in [0.2, 0.25) is 5.02 Å². The Morgan fingerprint density at radius 3 is 2.46 bits per heavy atom. The maximum Gasteiger partial charge on any atom is 0.272 e. The van der Waals surface area contributed by atoms with Crippen LogP contribution in [0.4, 0.5) is 11.6 Å². The third kappa shape index (κ3) is 4.11. The molecule has 2 amide bonds. The molecule has 1 fully saturated rings. The predicted molar refractivity (Wildman–Crippen MR) is 99.7 cm³/mol. The van der Waals surface area contributed by atoms with Crippen LogP contribution in [0.25, 0.3) is 0 Å². The summed E-state index contributed by atoms with van der Waals surface area (Å²) >= 11 is 5.97. The van der Waals surface area contributed by atoms with Crippen molar-refractivity contribution in [2.45, 2.75) is 13.8 Å². The summed E-state index contributed by atoms with van der Waals surface area (Å²) in [6, 6.07) is 7.06. The molecule has 0 radical (unpaired) electrons. The second-order valence-electron chi connectivity index (χ2n) is 6.15. The first-order chi connectivity index (χ1) is 12.4. The quantitative estimate of drug-likeness (QED) is 0.894. The molecule has 3 rings (SSSR count). The lowest BCUT2D eigenvalue weighted by Gasteiger charge is -2.34. The number of halogens is 1. The lowest BCUT2D eigenvalue weighted by atomic mass is 10.2. The summed E-state index contributed by atoms with van der Waals surface area (Å²) in [4.78, 5) is 36.0. The minimum atomic E-state index is -0.161. The van der Waals surface area contributed by atoms with Gasteiger partial charge >= 0.3 is 0 Å². The van der Waals surface area contributed by atoms with E-state index < -0.39 is 0 Å². The van der Waals surface area contributed by atoms with Gasteiger partial charge in [0.2, 0.25) is 11.9 Å². The van der Waals surface area contributed by atoms with Gasteiger partial charge in [0, 0.05) is 50.0 Å². The minimum absolute atomic E-state index is 0.0314. The molecule has 2 aromatic rings. The number of rotatable bonds is 3. The molecule has 0 spiro atoms. The Morgan fingerprint density at radius 2 is 1.81 bits per heavy atom. The topological polar surface area (TPSA) is 78.4 Å². The van der Waals surface area contributed by atoms with Crippen molar-refractivity contribution in [3.8, 4) is 0 Å². The van der Waals surface area contributed by atoms with Crippen molar-refractivity contribution < 1.29 is 9.59 Å². The third-order valence-electron chi connectivity index (χ3n) is 4.32. The Balaban J connectivity index is 1.71. The van der Waals surface area contributed by atoms with Crippen LogP contribution in [0.1, 0.15) is 23.0 Å². The Bertz CT molecular complexity index is 834. The summed E-state index contributed by atoms with van der Waals surface area (Å²) in [6.45, 7) is 5.56. The van der Waals surface area contributed by atoms with Crippen LogP contribution in [0.5, 0.6) is 0 Å². The number of hydrogen-bond donors (Lipinski definition) is 1. The summed E-state index contributed by atoms with van der Waals surface area (Å²) in [7, 11) is 0.